The zero-order valence-corrected chi connectivity index (χ0v) is 16.2. The number of halogens is 3. The van der Waals surface area contributed by atoms with Crippen LogP contribution in [-0.4, -0.2) is 36.6 Å². The van der Waals surface area contributed by atoms with Gasteiger partial charge in [0.1, 0.15) is 5.75 Å². The molecule has 0 spiro atoms. The van der Waals surface area contributed by atoms with Crippen molar-refractivity contribution in [2.75, 3.05) is 18.0 Å². The molecule has 0 bridgehead atoms. The molecule has 1 aliphatic heterocycles. The standard InChI is InChI=1S/C17H18BrF2N3O2S/c18-12-2-3-14(25-16(19)20)11(9-12)1-4-15(24)22-13-5-7-23(10-13)17-21-6-8-26-17/h2-3,6,8-9,13,16H,1,4-5,7,10H2,(H,22,24). The van der Waals surface area contributed by atoms with Crippen LogP contribution in [0.3, 0.4) is 0 Å². The Kier molecular flexibility index (Phi) is 6.42. The molecule has 2 aromatic rings. The monoisotopic (exact) mass is 445 g/mol. The van der Waals surface area contributed by atoms with Crippen LogP contribution >= 0.6 is 27.3 Å². The largest absolute Gasteiger partial charge is 0.435 e. The normalized spacial score (nSPS) is 16.9. The topological polar surface area (TPSA) is 54.5 Å². The highest BCUT2D eigenvalue weighted by Gasteiger charge is 2.25. The number of benzene rings is 1. The number of nitrogens with one attached hydrogen (secondary N) is 1. The molecule has 1 N–H and O–H groups in total. The molecule has 1 amide bonds. The summed E-state index contributed by atoms with van der Waals surface area (Å²) in [4.78, 5) is 18.7. The van der Waals surface area contributed by atoms with Gasteiger partial charge < -0.3 is 15.0 Å². The van der Waals surface area contributed by atoms with E-state index in [1.54, 1.807) is 29.7 Å². The highest BCUT2D eigenvalue weighted by atomic mass is 79.9. The highest BCUT2D eigenvalue weighted by molar-refractivity contribution is 9.10. The molecule has 9 heteroatoms. The number of carbonyl (C=O) groups excluding carboxylic acids is 1. The smallest absolute Gasteiger partial charge is 0.387 e. The van der Waals surface area contributed by atoms with Gasteiger partial charge in [0.25, 0.3) is 0 Å². The lowest BCUT2D eigenvalue weighted by Crippen LogP contribution is -2.37. The fourth-order valence-corrected chi connectivity index (χ4v) is 4.01. The predicted molar refractivity (Wildman–Crippen MR) is 100.0 cm³/mol. The lowest BCUT2D eigenvalue weighted by Gasteiger charge is -2.16. The number of aryl methyl sites for hydroxylation is 1. The Morgan fingerprint density at radius 2 is 2.35 bits per heavy atom. The highest BCUT2D eigenvalue weighted by Crippen LogP contribution is 2.26. The summed E-state index contributed by atoms with van der Waals surface area (Å²) in [5.41, 5.74) is 0.575. The van der Waals surface area contributed by atoms with E-state index in [0.717, 1.165) is 29.1 Å². The van der Waals surface area contributed by atoms with Crippen LogP contribution in [0, 0.1) is 0 Å². The van der Waals surface area contributed by atoms with E-state index in [-0.39, 0.29) is 24.1 Å². The fraction of sp³-hybridized carbons (Fsp3) is 0.412. The van der Waals surface area contributed by atoms with E-state index >= 15 is 0 Å². The van der Waals surface area contributed by atoms with Gasteiger partial charge in [-0.2, -0.15) is 8.78 Å². The molecule has 0 aliphatic carbocycles. The Bertz CT molecular complexity index is 746. The minimum Gasteiger partial charge on any atom is -0.435 e. The lowest BCUT2D eigenvalue weighted by atomic mass is 10.1. The van der Waals surface area contributed by atoms with Gasteiger partial charge in [0, 0.05) is 41.6 Å². The third-order valence-corrected chi connectivity index (χ3v) is 5.43. The van der Waals surface area contributed by atoms with Gasteiger partial charge in [-0.25, -0.2) is 4.98 Å². The molecule has 1 unspecified atom stereocenters. The minimum absolute atomic E-state index is 0.0747. The van der Waals surface area contributed by atoms with Crippen molar-refractivity contribution in [2.45, 2.75) is 31.9 Å². The van der Waals surface area contributed by atoms with Gasteiger partial charge >= 0.3 is 6.61 Å². The minimum atomic E-state index is -2.89. The first-order chi connectivity index (χ1) is 12.5. The van der Waals surface area contributed by atoms with E-state index in [9.17, 15) is 13.6 Å². The molecule has 1 aliphatic rings. The molecule has 0 radical (unpaired) electrons. The third kappa shape index (κ3) is 5.14. The van der Waals surface area contributed by atoms with Crippen molar-refractivity contribution in [3.05, 3.63) is 39.8 Å². The second-order valence-electron chi connectivity index (χ2n) is 5.94. The van der Waals surface area contributed by atoms with Crippen molar-refractivity contribution >= 4 is 38.3 Å². The molecule has 26 heavy (non-hydrogen) atoms. The number of carbonyl (C=O) groups is 1. The SMILES string of the molecule is O=C(CCc1cc(Br)ccc1OC(F)F)NC1CCN(c2nccs2)C1. The number of amides is 1. The van der Waals surface area contributed by atoms with Crippen molar-refractivity contribution in [3.8, 4) is 5.75 Å². The molecular weight excluding hydrogens is 428 g/mol. The molecule has 5 nitrogen and oxygen atoms in total. The van der Waals surface area contributed by atoms with E-state index in [1.165, 1.54) is 6.07 Å². The van der Waals surface area contributed by atoms with E-state index in [2.05, 4.69) is 35.9 Å². The average Bonchev–Trinajstić information content (AvgIpc) is 3.26. The van der Waals surface area contributed by atoms with Gasteiger partial charge in [-0.15, -0.1) is 11.3 Å². The number of aromatic nitrogens is 1. The maximum atomic E-state index is 12.5. The number of thiazole rings is 1. The van der Waals surface area contributed by atoms with E-state index < -0.39 is 6.61 Å². The first-order valence-electron chi connectivity index (χ1n) is 8.18. The van der Waals surface area contributed by atoms with Crippen LogP contribution in [0.15, 0.2) is 34.2 Å². The quantitative estimate of drug-likeness (QED) is 0.703. The molecule has 2 heterocycles. The van der Waals surface area contributed by atoms with Gasteiger partial charge in [-0.3, -0.25) is 4.79 Å². The lowest BCUT2D eigenvalue weighted by molar-refractivity contribution is -0.121. The zero-order chi connectivity index (χ0) is 18.5. The number of nitrogens with zero attached hydrogens (tertiary/aromatic N) is 2. The summed E-state index contributed by atoms with van der Waals surface area (Å²) in [6.45, 7) is -1.30. The first kappa shape index (κ1) is 19.0. The van der Waals surface area contributed by atoms with Gasteiger partial charge in [0.05, 0.1) is 0 Å². The number of anilines is 1. The molecule has 1 aromatic carbocycles. The molecule has 1 fully saturated rings. The second kappa shape index (κ2) is 8.77. The van der Waals surface area contributed by atoms with E-state index in [1.807, 2.05) is 5.38 Å². The van der Waals surface area contributed by atoms with Crippen molar-refractivity contribution in [1.82, 2.24) is 10.3 Å². The van der Waals surface area contributed by atoms with Crippen molar-refractivity contribution < 1.29 is 18.3 Å². The molecular formula is C17H18BrF2N3O2S. The summed E-state index contributed by atoms with van der Waals surface area (Å²) in [7, 11) is 0. The van der Waals surface area contributed by atoms with Crippen LogP contribution in [-0.2, 0) is 11.2 Å². The molecule has 3 rings (SSSR count). The average molecular weight is 446 g/mol. The first-order valence-corrected chi connectivity index (χ1v) is 9.85. The number of alkyl halides is 2. The predicted octanol–water partition coefficient (Wildman–Crippen LogP) is 3.83. The van der Waals surface area contributed by atoms with Gasteiger partial charge in [-0.05, 0) is 36.6 Å². The Hall–Kier alpha value is -1.74. The molecule has 140 valence electrons. The van der Waals surface area contributed by atoms with E-state index in [4.69, 9.17) is 0 Å². The molecule has 1 saturated heterocycles. The Morgan fingerprint density at radius 3 is 3.08 bits per heavy atom. The van der Waals surface area contributed by atoms with Crippen molar-refractivity contribution in [3.63, 3.8) is 0 Å². The summed E-state index contributed by atoms with van der Waals surface area (Å²) in [5, 5.41) is 5.90. The summed E-state index contributed by atoms with van der Waals surface area (Å²) in [5.74, 6) is 0.00534. The second-order valence-corrected chi connectivity index (χ2v) is 7.73. The van der Waals surface area contributed by atoms with Crippen LogP contribution in [0.2, 0.25) is 0 Å². The number of rotatable bonds is 7. The van der Waals surface area contributed by atoms with Crippen LogP contribution in [0.4, 0.5) is 13.9 Å². The maximum Gasteiger partial charge on any atom is 0.387 e. The number of ether oxygens (including phenoxy) is 1. The molecule has 1 aromatic heterocycles. The summed E-state index contributed by atoms with van der Waals surface area (Å²) in [6.07, 6.45) is 3.17. The summed E-state index contributed by atoms with van der Waals surface area (Å²) >= 11 is 4.89. The molecule has 0 saturated carbocycles. The Labute approximate surface area is 162 Å². The third-order valence-electron chi connectivity index (χ3n) is 4.10. The fourth-order valence-electron chi connectivity index (χ4n) is 2.93. The summed E-state index contributed by atoms with van der Waals surface area (Å²) < 4.78 is 30.3. The van der Waals surface area contributed by atoms with Crippen LogP contribution in [0.1, 0.15) is 18.4 Å². The van der Waals surface area contributed by atoms with E-state index in [0.29, 0.717) is 12.0 Å². The van der Waals surface area contributed by atoms with Gasteiger partial charge in [0.2, 0.25) is 5.91 Å². The van der Waals surface area contributed by atoms with Crippen LogP contribution in [0.25, 0.3) is 0 Å². The number of hydrogen-bond acceptors (Lipinski definition) is 5. The van der Waals surface area contributed by atoms with Gasteiger partial charge in [-0.1, -0.05) is 15.9 Å². The number of hydrogen-bond donors (Lipinski definition) is 1. The summed E-state index contributed by atoms with van der Waals surface area (Å²) in [6, 6.07) is 4.88. The molecule has 1 atom stereocenters. The Morgan fingerprint density at radius 1 is 1.50 bits per heavy atom. The van der Waals surface area contributed by atoms with Crippen LogP contribution in [0.5, 0.6) is 5.75 Å². The van der Waals surface area contributed by atoms with Gasteiger partial charge in [0.15, 0.2) is 5.13 Å². The van der Waals surface area contributed by atoms with Crippen molar-refractivity contribution in [2.24, 2.45) is 0 Å². The Balaban J connectivity index is 1.51. The maximum absolute atomic E-state index is 12.5. The van der Waals surface area contributed by atoms with Crippen LogP contribution < -0.4 is 15.0 Å². The zero-order valence-electron chi connectivity index (χ0n) is 13.8. The van der Waals surface area contributed by atoms with Crippen molar-refractivity contribution in [1.29, 1.82) is 0 Å².